The van der Waals surface area contributed by atoms with Gasteiger partial charge in [-0.2, -0.15) is 8.42 Å². The molecule has 2 amide bonds. The molecule has 2 aromatic heterocycles. The fourth-order valence-electron chi connectivity index (χ4n) is 3.03. The monoisotopic (exact) mass is 518 g/mol. The summed E-state index contributed by atoms with van der Waals surface area (Å²) < 4.78 is 29.4. The minimum Gasteiger partial charge on any atom is -0.443 e. The Labute approximate surface area is 207 Å². The molecule has 1 aromatic carbocycles. The first-order chi connectivity index (χ1) is 16.8. The van der Waals surface area contributed by atoms with Gasteiger partial charge in [0.25, 0.3) is 10.2 Å². The molecule has 0 saturated carbocycles. The summed E-state index contributed by atoms with van der Waals surface area (Å²) in [5.41, 5.74) is 2.20. The van der Waals surface area contributed by atoms with E-state index in [1.54, 1.807) is 24.4 Å². The van der Waals surface area contributed by atoms with Gasteiger partial charge in [0.05, 0.1) is 11.4 Å². The number of carbonyl (C=O) groups is 2. The van der Waals surface area contributed by atoms with Crippen LogP contribution >= 0.6 is 11.3 Å². The van der Waals surface area contributed by atoms with Crippen LogP contribution in [0.3, 0.4) is 0 Å². The third kappa shape index (κ3) is 9.41. The molecule has 0 fully saturated rings. The zero-order chi connectivity index (χ0) is 25.1. The van der Waals surface area contributed by atoms with E-state index in [9.17, 15) is 18.0 Å². The van der Waals surface area contributed by atoms with Crippen molar-refractivity contribution in [1.82, 2.24) is 20.0 Å². The quantitative estimate of drug-likeness (QED) is 0.267. The average Bonchev–Trinajstić information content (AvgIpc) is 3.31. The lowest BCUT2D eigenvalue weighted by Crippen LogP contribution is -2.44. The summed E-state index contributed by atoms with van der Waals surface area (Å²) in [4.78, 5) is 33.8. The van der Waals surface area contributed by atoms with Crippen LogP contribution in [0.4, 0.5) is 9.93 Å². The topological polar surface area (TPSA) is 165 Å². The standard InChI is InChI=1S/C22H26N6O5S2/c23-35(31,32)25-13-7-5-11-18(27-22(30)33-14-17-10-4-6-12-24-17)20(29)28-21-26-19(15-34-21)16-8-2-1-3-9-16/h1-4,6,8-10,12,15,18,25H,5,7,11,13-14H2,(H,27,30)(H2,23,31,32)(H,26,28,29). The van der Waals surface area contributed by atoms with Crippen molar-refractivity contribution in [1.29, 1.82) is 0 Å². The number of unbranched alkanes of at least 4 members (excludes halogenated alkanes) is 1. The van der Waals surface area contributed by atoms with Gasteiger partial charge in [0, 0.05) is 23.7 Å². The molecule has 0 radical (unpaired) electrons. The van der Waals surface area contributed by atoms with E-state index in [0.717, 1.165) is 11.3 Å². The zero-order valence-corrected chi connectivity index (χ0v) is 20.3. The summed E-state index contributed by atoms with van der Waals surface area (Å²) in [6, 6.07) is 13.8. The average molecular weight is 519 g/mol. The van der Waals surface area contributed by atoms with Crippen molar-refractivity contribution >= 4 is 38.7 Å². The van der Waals surface area contributed by atoms with Gasteiger partial charge in [-0.3, -0.25) is 9.78 Å². The number of benzene rings is 1. The first-order valence-corrected chi connectivity index (χ1v) is 13.1. The van der Waals surface area contributed by atoms with Crippen molar-refractivity contribution in [2.24, 2.45) is 5.14 Å². The number of rotatable bonds is 12. The number of pyridine rings is 1. The number of ether oxygens (including phenoxy) is 1. The highest BCUT2D eigenvalue weighted by molar-refractivity contribution is 7.87. The molecule has 2 heterocycles. The van der Waals surface area contributed by atoms with Crippen molar-refractivity contribution in [3.05, 3.63) is 65.8 Å². The summed E-state index contributed by atoms with van der Waals surface area (Å²) in [6.07, 6.45) is 1.91. The van der Waals surface area contributed by atoms with Gasteiger partial charge in [-0.05, 0) is 31.4 Å². The van der Waals surface area contributed by atoms with Crippen LogP contribution in [-0.4, -0.2) is 43.0 Å². The molecular weight excluding hydrogens is 492 g/mol. The normalized spacial score (nSPS) is 12.0. The van der Waals surface area contributed by atoms with E-state index in [0.29, 0.717) is 23.7 Å². The van der Waals surface area contributed by atoms with E-state index < -0.39 is 28.3 Å². The Balaban J connectivity index is 1.59. The van der Waals surface area contributed by atoms with Crippen LogP contribution in [0.2, 0.25) is 0 Å². The van der Waals surface area contributed by atoms with Crippen LogP contribution in [0.15, 0.2) is 60.1 Å². The molecule has 11 nitrogen and oxygen atoms in total. The fraction of sp³-hybridized carbons (Fsp3) is 0.273. The van der Waals surface area contributed by atoms with Gasteiger partial charge < -0.3 is 15.4 Å². The number of alkyl carbamates (subject to hydrolysis) is 1. The molecule has 5 N–H and O–H groups in total. The summed E-state index contributed by atoms with van der Waals surface area (Å²) in [5, 5.41) is 12.4. The Kier molecular flexibility index (Phi) is 9.66. The summed E-state index contributed by atoms with van der Waals surface area (Å²) in [7, 11) is -3.79. The number of anilines is 1. The third-order valence-corrected chi connectivity index (χ3v) is 6.08. The number of amides is 2. The highest BCUT2D eigenvalue weighted by atomic mass is 32.2. The van der Waals surface area contributed by atoms with Crippen LogP contribution < -0.4 is 20.5 Å². The second kappa shape index (κ2) is 12.9. The number of hydrogen-bond donors (Lipinski definition) is 4. The van der Waals surface area contributed by atoms with Crippen LogP contribution in [0, 0.1) is 0 Å². The second-order valence-corrected chi connectivity index (χ2v) is 9.66. The Morgan fingerprint density at radius 3 is 2.57 bits per heavy atom. The van der Waals surface area contributed by atoms with E-state index in [1.807, 2.05) is 35.7 Å². The molecule has 1 atom stereocenters. The number of carbonyl (C=O) groups excluding carboxylic acids is 2. The van der Waals surface area contributed by atoms with Crippen LogP contribution in [0.5, 0.6) is 0 Å². The van der Waals surface area contributed by atoms with Gasteiger partial charge in [-0.25, -0.2) is 19.6 Å². The second-order valence-electron chi connectivity index (χ2n) is 7.42. The molecule has 0 aliphatic rings. The van der Waals surface area contributed by atoms with Gasteiger partial charge in [0.2, 0.25) is 5.91 Å². The highest BCUT2D eigenvalue weighted by Gasteiger charge is 2.22. The minimum atomic E-state index is -3.79. The summed E-state index contributed by atoms with van der Waals surface area (Å²) in [5.74, 6) is -0.465. The molecule has 186 valence electrons. The lowest BCUT2D eigenvalue weighted by molar-refractivity contribution is -0.118. The SMILES string of the molecule is NS(=O)(=O)NCCCCC(NC(=O)OCc1ccccn1)C(=O)Nc1nc(-c2ccccc2)cs1. The van der Waals surface area contributed by atoms with Crippen molar-refractivity contribution in [2.75, 3.05) is 11.9 Å². The van der Waals surface area contributed by atoms with Gasteiger partial charge in [-0.1, -0.05) is 36.4 Å². The van der Waals surface area contributed by atoms with Gasteiger partial charge in [0.15, 0.2) is 5.13 Å². The Hall–Kier alpha value is -3.39. The van der Waals surface area contributed by atoms with E-state index in [-0.39, 0.29) is 19.6 Å². The maximum atomic E-state index is 12.9. The van der Waals surface area contributed by atoms with Crippen molar-refractivity contribution in [2.45, 2.75) is 31.9 Å². The largest absolute Gasteiger partial charge is 0.443 e. The predicted molar refractivity (Wildman–Crippen MR) is 132 cm³/mol. The number of nitrogens with zero attached hydrogens (tertiary/aromatic N) is 2. The van der Waals surface area contributed by atoms with Gasteiger partial charge >= 0.3 is 6.09 Å². The minimum absolute atomic E-state index is 0.0494. The molecule has 13 heteroatoms. The first-order valence-electron chi connectivity index (χ1n) is 10.7. The molecule has 35 heavy (non-hydrogen) atoms. The summed E-state index contributed by atoms with van der Waals surface area (Å²) >= 11 is 1.27. The number of nitrogens with one attached hydrogen (secondary N) is 3. The molecule has 3 aromatic rings. The van der Waals surface area contributed by atoms with Crippen molar-refractivity contribution < 1.29 is 22.7 Å². The third-order valence-electron chi connectivity index (χ3n) is 4.71. The predicted octanol–water partition coefficient (Wildman–Crippen LogP) is 2.40. The van der Waals surface area contributed by atoms with E-state index in [2.05, 4.69) is 25.3 Å². The summed E-state index contributed by atoms with van der Waals surface area (Å²) in [6.45, 7) is 0.0659. The first kappa shape index (κ1) is 26.2. The molecule has 1 unspecified atom stereocenters. The van der Waals surface area contributed by atoms with Crippen LogP contribution in [0.25, 0.3) is 11.3 Å². The van der Waals surface area contributed by atoms with E-state index >= 15 is 0 Å². The lowest BCUT2D eigenvalue weighted by Gasteiger charge is -2.17. The van der Waals surface area contributed by atoms with Crippen LogP contribution in [0.1, 0.15) is 25.0 Å². The molecule has 0 saturated heterocycles. The zero-order valence-electron chi connectivity index (χ0n) is 18.7. The maximum absolute atomic E-state index is 12.9. The smallest absolute Gasteiger partial charge is 0.408 e. The number of thiazole rings is 1. The van der Waals surface area contributed by atoms with E-state index in [4.69, 9.17) is 9.88 Å². The maximum Gasteiger partial charge on any atom is 0.408 e. The number of aromatic nitrogens is 2. The fourth-order valence-corrected chi connectivity index (χ4v) is 4.18. The Bertz CT molecular complexity index is 1210. The molecule has 0 aliphatic heterocycles. The van der Waals surface area contributed by atoms with Crippen LogP contribution in [-0.2, 0) is 26.3 Å². The molecular formula is C22H26N6O5S2. The van der Waals surface area contributed by atoms with E-state index in [1.165, 1.54) is 11.3 Å². The molecule has 3 rings (SSSR count). The molecule has 0 bridgehead atoms. The Morgan fingerprint density at radius 1 is 1.09 bits per heavy atom. The van der Waals surface area contributed by atoms with Crippen molar-refractivity contribution in [3.63, 3.8) is 0 Å². The highest BCUT2D eigenvalue weighted by Crippen LogP contribution is 2.24. The number of hydrogen-bond acceptors (Lipinski definition) is 8. The lowest BCUT2D eigenvalue weighted by atomic mass is 10.1. The molecule has 0 spiro atoms. The van der Waals surface area contributed by atoms with Gasteiger partial charge in [-0.15, -0.1) is 11.3 Å². The number of nitrogens with two attached hydrogens (primary N) is 1. The molecule has 0 aliphatic carbocycles. The van der Waals surface area contributed by atoms with Crippen molar-refractivity contribution in [3.8, 4) is 11.3 Å². The van der Waals surface area contributed by atoms with Gasteiger partial charge in [0.1, 0.15) is 12.6 Å². The Morgan fingerprint density at radius 2 is 1.86 bits per heavy atom.